The van der Waals surface area contributed by atoms with E-state index in [4.69, 9.17) is 11.6 Å². The van der Waals surface area contributed by atoms with Crippen LogP contribution in [0.1, 0.15) is 11.1 Å². The van der Waals surface area contributed by atoms with Crippen LogP contribution in [0.4, 0.5) is 8.78 Å². The Morgan fingerprint density at radius 1 is 1.00 bits per heavy atom. The van der Waals surface area contributed by atoms with E-state index in [1.165, 1.54) is 4.90 Å². The smallest absolute Gasteiger partial charge is 0.255 e. The van der Waals surface area contributed by atoms with Gasteiger partial charge in [-0.2, -0.15) is 0 Å². The molecule has 0 fully saturated rings. The second-order valence-corrected chi connectivity index (χ2v) is 5.39. The third kappa shape index (κ3) is 5.11. The average molecular weight is 324 g/mol. The molecular formula is C17H16ClF2NO. The van der Waals surface area contributed by atoms with Gasteiger partial charge in [-0.3, -0.25) is 4.79 Å². The van der Waals surface area contributed by atoms with Crippen molar-refractivity contribution in [3.63, 3.8) is 0 Å². The maximum atomic E-state index is 12.7. The predicted octanol–water partition coefficient (Wildman–Crippen LogP) is 4.18. The number of carbonyl (C=O) groups excluding carboxylic acids is 1. The lowest BCUT2D eigenvalue weighted by molar-refractivity contribution is -0.133. The summed E-state index contributed by atoms with van der Waals surface area (Å²) in [6.07, 6.45) is -2.48. The van der Waals surface area contributed by atoms with Gasteiger partial charge in [0, 0.05) is 11.6 Å². The Kier molecular flexibility index (Phi) is 5.90. The van der Waals surface area contributed by atoms with Gasteiger partial charge in [0.25, 0.3) is 6.43 Å². The highest BCUT2D eigenvalue weighted by molar-refractivity contribution is 6.30. The topological polar surface area (TPSA) is 20.3 Å². The quantitative estimate of drug-likeness (QED) is 0.781. The van der Waals surface area contributed by atoms with Crippen molar-refractivity contribution in [1.82, 2.24) is 4.90 Å². The number of halogens is 3. The van der Waals surface area contributed by atoms with Gasteiger partial charge in [0.15, 0.2) is 0 Å². The van der Waals surface area contributed by atoms with Gasteiger partial charge in [0.1, 0.15) is 0 Å². The lowest BCUT2D eigenvalue weighted by Gasteiger charge is -2.22. The molecule has 0 aliphatic carbocycles. The van der Waals surface area contributed by atoms with E-state index >= 15 is 0 Å². The fraction of sp³-hybridized carbons (Fsp3) is 0.235. The first-order chi connectivity index (χ1) is 10.5. The Morgan fingerprint density at radius 3 is 2.23 bits per heavy atom. The molecule has 0 spiro atoms. The molecule has 2 aromatic carbocycles. The number of nitrogens with zero attached hydrogens (tertiary/aromatic N) is 1. The SMILES string of the molecule is O=C(Cc1ccc(Cl)cc1)N(Cc1ccccc1)CC(F)F. The molecule has 0 aliphatic heterocycles. The van der Waals surface area contributed by atoms with Crippen molar-refractivity contribution >= 4 is 17.5 Å². The molecule has 2 aromatic rings. The van der Waals surface area contributed by atoms with E-state index in [0.717, 1.165) is 11.1 Å². The number of rotatable bonds is 6. The molecule has 22 heavy (non-hydrogen) atoms. The zero-order valence-corrected chi connectivity index (χ0v) is 12.6. The average Bonchev–Trinajstić information content (AvgIpc) is 2.49. The van der Waals surface area contributed by atoms with Gasteiger partial charge in [-0.15, -0.1) is 0 Å². The van der Waals surface area contributed by atoms with E-state index in [-0.39, 0.29) is 18.9 Å². The summed E-state index contributed by atoms with van der Waals surface area (Å²) in [6.45, 7) is -0.390. The molecule has 0 saturated carbocycles. The summed E-state index contributed by atoms with van der Waals surface area (Å²) in [5.74, 6) is -0.327. The van der Waals surface area contributed by atoms with Crippen LogP contribution in [0, 0.1) is 0 Å². The fourth-order valence-electron chi connectivity index (χ4n) is 2.11. The molecule has 0 atom stereocenters. The second-order valence-electron chi connectivity index (χ2n) is 4.95. The number of amides is 1. The van der Waals surface area contributed by atoms with Crippen LogP contribution in [-0.4, -0.2) is 23.8 Å². The highest BCUT2D eigenvalue weighted by Gasteiger charge is 2.18. The first kappa shape index (κ1) is 16.4. The molecule has 0 unspecified atom stereocenters. The van der Waals surface area contributed by atoms with E-state index in [2.05, 4.69) is 0 Å². The molecule has 0 aromatic heterocycles. The van der Waals surface area contributed by atoms with Gasteiger partial charge in [0.05, 0.1) is 13.0 Å². The minimum Gasteiger partial charge on any atom is -0.332 e. The number of benzene rings is 2. The van der Waals surface area contributed by atoms with E-state index in [1.54, 1.807) is 24.3 Å². The summed E-state index contributed by atoms with van der Waals surface area (Å²) >= 11 is 5.79. The molecule has 1 amide bonds. The van der Waals surface area contributed by atoms with Crippen LogP contribution >= 0.6 is 11.6 Å². The molecular weight excluding hydrogens is 308 g/mol. The molecule has 116 valence electrons. The summed E-state index contributed by atoms with van der Waals surface area (Å²) in [5.41, 5.74) is 1.58. The summed E-state index contributed by atoms with van der Waals surface area (Å²) < 4.78 is 25.5. The van der Waals surface area contributed by atoms with Crippen LogP contribution in [-0.2, 0) is 17.8 Å². The number of alkyl halides is 2. The minimum absolute atomic E-state index is 0.0801. The van der Waals surface area contributed by atoms with Gasteiger partial charge >= 0.3 is 0 Å². The fourth-order valence-corrected chi connectivity index (χ4v) is 2.24. The zero-order valence-electron chi connectivity index (χ0n) is 11.9. The number of hydrogen-bond donors (Lipinski definition) is 0. The Balaban J connectivity index is 2.07. The lowest BCUT2D eigenvalue weighted by atomic mass is 10.1. The minimum atomic E-state index is -2.56. The van der Waals surface area contributed by atoms with Crippen molar-refractivity contribution < 1.29 is 13.6 Å². The Morgan fingerprint density at radius 2 is 1.64 bits per heavy atom. The van der Waals surface area contributed by atoms with Crippen LogP contribution in [0.15, 0.2) is 54.6 Å². The first-order valence-electron chi connectivity index (χ1n) is 6.89. The van der Waals surface area contributed by atoms with Crippen LogP contribution in [0.3, 0.4) is 0 Å². The first-order valence-corrected chi connectivity index (χ1v) is 7.26. The number of carbonyl (C=O) groups is 1. The van der Waals surface area contributed by atoms with Gasteiger partial charge < -0.3 is 4.90 Å². The normalized spacial score (nSPS) is 10.7. The molecule has 0 radical (unpaired) electrons. The largest absolute Gasteiger partial charge is 0.332 e. The highest BCUT2D eigenvalue weighted by Crippen LogP contribution is 2.13. The third-order valence-corrected chi connectivity index (χ3v) is 3.45. The van der Waals surface area contributed by atoms with Crippen molar-refractivity contribution in [1.29, 1.82) is 0 Å². The van der Waals surface area contributed by atoms with Gasteiger partial charge in [-0.1, -0.05) is 54.1 Å². The van der Waals surface area contributed by atoms with Crippen LogP contribution in [0.2, 0.25) is 5.02 Å². The molecule has 0 bridgehead atoms. The van der Waals surface area contributed by atoms with Crippen molar-refractivity contribution in [2.75, 3.05) is 6.54 Å². The van der Waals surface area contributed by atoms with Gasteiger partial charge in [-0.05, 0) is 23.3 Å². The van der Waals surface area contributed by atoms with Crippen LogP contribution < -0.4 is 0 Å². The van der Waals surface area contributed by atoms with Crippen LogP contribution in [0.25, 0.3) is 0 Å². The molecule has 2 nitrogen and oxygen atoms in total. The molecule has 2 rings (SSSR count). The standard InChI is InChI=1S/C17H16ClF2NO/c18-15-8-6-13(7-9-15)10-17(22)21(12-16(19)20)11-14-4-2-1-3-5-14/h1-9,16H,10-12H2. The Hall–Kier alpha value is -1.94. The van der Waals surface area contributed by atoms with E-state index in [0.29, 0.717) is 5.02 Å². The maximum Gasteiger partial charge on any atom is 0.255 e. The third-order valence-electron chi connectivity index (χ3n) is 3.20. The van der Waals surface area contributed by atoms with Gasteiger partial charge in [0.2, 0.25) is 5.91 Å². The maximum absolute atomic E-state index is 12.7. The zero-order chi connectivity index (χ0) is 15.9. The summed E-state index contributed by atoms with van der Waals surface area (Å²) in [6, 6.07) is 15.9. The van der Waals surface area contributed by atoms with Crippen molar-refractivity contribution in [3.05, 3.63) is 70.7 Å². The van der Waals surface area contributed by atoms with E-state index in [9.17, 15) is 13.6 Å². The van der Waals surface area contributed by atoms with E-state index in [1.807, 2.05) is 30.3 Å². The monoisotopic (exact) mass is 323 g/mol. The summed E-state index contributed by atoms with van der Waals surface area (Å²) in [7, 11) is 0. The summed E-state index contributed by atoms with van der Waals surface area (Å²) in [5, 5.41) is 0.574. The Labute approximate surface area is 133 Å². The molecule has 0 N–H and O–H groups in total. The molecule has 0 heterocycles. The van der Waals surface area contributed by atoms with E-state index < -0.39 is 13.0 Å². The Bertz CT molecular complexity index is 602. The predicted molar refractivity (Wildman–Crippen MR) is 83.0 cm³/mol. The van der Waals surface area contributed by atoms with Gasteiger partial charge in [-0.25, -0.2) is 8.78 Å². The molecule has 0 aliphatic rings. The van der Waals surface area contributed by atoms with Crippen LogP contribution in [0.5, 0.6) is 0 Å². The van der Waals surface area contributed by atoms with Crippen molar-refractivity contribution in [2.45, 2.75) is 19.4 Å². The summed E-state index contributed by atoms with van der Waals surface area (Å²) in [4.78, 5) is 13.5. The van der Waals surface area contributed by atoms with Crippen molar-refractivity contribution in [2.24, 2.45) is 0 Å². The van der Waals surface area contributed by atoms with Crippen molar-refractivity contribution in [3.8, 4) is 0 Å². The number of hydrogen-bond acceptors (Lipinski definition) is 1. The highest BCUT2D eigenvalue weighted by atomic mass is 35.5. The molecule has 0 saturated heterocycles. The molecule has 5 heteroatoms. The lowest BCUT2D eigenvalue weighted by Crippen LogP contribution is -2.35. The second kappa shape index (κ2) is 7.90.